The van der Waals surface area contributed by atoms with Crippen molar-refractivity contribution in [1.29, 1.82) is 0 Å². The van der Waals surface area contributed by atoms with Gasteiger partial charge in [0.2, 0.25) is 0 Å². The summed E-state index contributed by atoms with van der Waals surface area (Å²) in [6.07, 6.45) is 1.59. The van der Waals surface area contributed by atoms with Crippen LogP contribution >= 0.6 is 23.2 Å². The van der Waals surface area contributed by atoms with Gasteiger partial charge in [0.1, 0.15) is 6.54 Å². The van der Waals surface area contributed by atoms with Crippen molar-refractivity contribution in [3.63, 3.8) is 0 Å². The molecule has 0 saturated heterocycles. The van der Waals surface area contributed by atoms with E-state index < -0.39 is 18.4 Å². The van der Waals surface area contributed by atoms with E-state index in [2.05, 4.69) is 5.10 Å². The topological polar surface area (TPSA) is 84.7 Å². The molecule has 1 amide bonds. The molecule has 1 aromatic heterocycles. The Hall–Kier alpha value is -2.09. The zero-order chi connectivity index (χ0) is 17.7. The maximum absolute atomic E-state index is 12.4. The lowest BCUT2D eigenvalue weighted by Crippen LogP contribution is -2.38. The first-order valence-electron chi connectivity index (χ1n) is 6.93. The van der Waals surface area contributed by atoms with Crippen molar-refractivity contribution < 1.29 is 19.4 Å². The van der Waals surface area contributed by atoms with Crippen molar-refractivity contribution in [2.24, 2.45) is 0 Å². The van der Waals surface area contributed by atoms with Crippen molar-refractivity contribution in [2.45, 2.75) is 0 Å². The van der Waals surface area contributed by atoms with Crippen LogP contribution in [0, 0.1) is 0 Å². The van der Waals surface area contributed by atoms with Crippen molar-refractivity contribution >= 4 is 35.1 Å². The second-order valence-electron chi connectivity index (χ2n) is 4.86. The Bertz CT molecular complexity index is 748. The number of carbonyl (C=O) groups excluding carboxylic acids is 1. The highest BCUT2D eigenvalue weighted by molar-refractivity contribution is 6.42. The van der Waals surface area contributed by atoms with E-state index in [-0.39, 0.29) is 18.8 Å². The summed E-state index contributed by atoms with van der Waals surface area (Å²) < 4.78 is 6.36. The number of amides is 1. The Morgan fingerprint density at radius 3 is 2.67 bits per heavy atom. The van der Waals surface area contributed by atoms with E-state index in [4.69, 9.17) is 33.0 Å². The number of ether oxygens (including phenoxy) is 1. The molecule has 0 aliphatic carbocycles. The molecule has 0 aliphatic rings. The number of aliphatic carboxylic acids is 1. The standard InChI is InChI=1S/C15H15Cl2N3O4/c1-24-7-6-19(9-14(21)22)15(23)13-4-5-20(18-13)10-2-3-11(16)12(17)8-10/h2-5,8H,6-7,9H2,1H3,(H,21,22). The molecule has 0 radical (unpaired) electrons. The molecule has 1 N–H and O–H groups in total. The van der Waals surface area contributed by atoms with Crippen LogP contribution in [0.1, 0.15) is 10.5 Å². The Labute approximate surface area is 148 Å². The molecule has 0 unspecified atom stereocenters. The smallest absolute Gasteiger partial charge is 0.323 e. The lowest BCUT2D eigenvalue weighted by molar-refractivity contribution is -0.137. The molecule has 24 heavy (non-hydrogen) atoms. The predicted octanol–water partition coefficient (Wildman–Crippen LogP) is 2.35. The summed E-state index contributed by atoms with van der Waals surface area (Å²) in [5.74, 6) is -1.60. The summed E-state index contributed by atoms with van der Waals surface area (Å²) in [5.41, 5.74) is 0.753. The molecule has 0 saturated carbocycles. The summed E-state index contributed by atoms with van der Waals surface area (Å²) >= 11 is 11.8. The van der Waals surface area contributed by atoms with Crippen LogP contribution in [-0.4, -0.2) is 58.5 Å². The van der Waals surface area contributed by atoms with Crippen LogP contribution in [0.3, 0.4) is 0 Å². The van der Waals surface area contributed by atoms with Gasteiger partial charge in [0.15, 0.2) is 5.69 Å². The van der Waals surface area contributed by atoms with Gasteiger partial charge in [-0.1, -0.05) is 23.2 Å². The molecule has 128 valence electrons. The average Bonchev–Trinajstić information content (AvgIpc) is 3.03. The molecule has 2 aromatic rings. The van der Waals surface area contributed by atoms with E-state index in [0.717, 1.165) is 4.90 Å². The summed E-state index contributed by atoms with van der Waals surface area (Å²) in [6.45, 7) is -0.0460. The molecule has 2 rings (SSSR count). The van der Waals surface area contributed by atoms with Crippen molar-refractivity contribution in [3.8, 4) is 5.69 Å². The van der Waals surface area contributed by atoms with Gasteiger partial charge in [-0.3, -0.25) is 9.59 Å². The Morgan fingerprint density at radius 1 is 1.29 bits per heavy atom. The lowest BCUT2D eigenvalue weighted by atomic mass is 10.3. The third-order valence-electron chi connectivity index (χ3n) is 3.15. The SMILES string of the molecule is COCCN(CC(=O)O)C(=O)c1ccn(-c2ccc(Cl)c(Cl)c2)n1. The van der Waals surface area contributed by atoms with E-state index in [1.54, 1.807) is 24.4 Å². The van der Waals surface area contributed by atoms with Gasteiger partial charge in [0.05, 0.1) is 22.3 Å². The molecule has 0 atom stereocenters. The second kappa shape index (κ2) is 8.14. The van der Waals surface area contributed by atoms with Crippen molar-refractivity contribution in [1.82, 2.24) is 14.7 Å². The summed E-state index contributed by atoms with van der Waals surface area (Å²) in [6, 6.07) is 6.45. The second-order valence-corrected chi connectivity index (χ2v) is 5.67. The number of benzene rings is 1. The fourth-order valence-corrected chi connectivity index (χ4v) is 2.28. The molecule has 9 heteroatoms. The largest absolute Gasteiger partial charge is 0.480 e. The van der Waals surface area contributed by atoms with Crippen molar-refractivity contribution in [2.75, 3.05) is 26.8 Å². The Kier molecular flexibility index (Phi) is 6.19. The lowest BCUT2D eigenvalue weighted by Gasteiger charge is -2.18. The summed E-state index contributed by atoms with van der Waals surface area (Å²) in [5, 5.41) is 13.9. The minimum Gasteiger partial charge on any atom is -0.480 e. The first-order chi connectivity index (χ1) is 11.4. The fourth-order valence-electron chi connectivity index (χ4n) is 1.99. The van der Waals surface area contributed by atoms with Crippen LogP contribution in [0.15, 0.2) is 30.5 Å². The monoisotopic (exact) mass is 371 g/mol. The Morgan fingerprint density at radius 2 is 2.04 bits per heavy atom. The maximum atomic E-state index is 12.4. The third-order valence-corrected chi connectivity index (χ3v) is 3.89. The minimum absolute atomic E-state index is 0.124. The van der Waals surface area contributed by atoms with E-state index in [9.17, 15) is 9.59 Å². The van der Waals surface area contributed by atoms with E-state index in [1.807, 2.05) is 0 Å². The van der Waals surface area contributed by atoms with Gasteiger partial charge in [-0.15, -0.1) is 0 Å². The normalized spacial score (nSPS) is 10.6. The first kappa shape index (κ1) is 18.3. The molecule has 7 nitrogen and oxygen atoms in total. The molecule has 1 aromatic carbocycles. The van der Waals surface area contributed by atoms with Gasteiger partial charge < -0.3 is 14.7 Å². The molecule has 0 bridgehead atoms. The van der Waals surface area contributed by atoms with Gasteiger partial charge in [0, 0.05) is 19.9 Å². The number of carboxylic acids is 1. The number of rotatable bonds is 7. The fraction of sp³-hybridized carbons (Fsp3) is 0.267. The van der Waals surface area contributed by atoms with Crippen LogP contribution in [-0.2, 0) is 9.53 Å². The predicted molar refractivity (Wildman–Crippen MR) is 89.0 cm³/mol. The summed E-state index contributed by atoms with van der Waals surface area (Å²) in [7, 11) is 1.47. The van der Waals surface area contributed by atoms with Crippen LogP contribution in [0.2, 0.25) is 10.0 Å². The number of aromatic nitrogens is 2. The van der Waals surface area contributed by atoms with Gasteiger partial charge in [-0.05, 0) is 24.3 Å². The molecular weight excluding hydrogens is 357 g/mol. The van der Waals surface area contributed by atoms with E-state index in [0.29, 0.717) is 15.7 Å². The maximum Gasteiger partial charge on any atom is 0.323 e. The van der Waals surface area contributed by atoms with Gasteiger partial charge in [-0.2, -0.15) is 5.10 Å². The number of hydrogen-bond acceptors (Lipinski definition) is 4. The molecular formula is C15H15Cl2N3O4. The minimum atomic E-state index is -1.11. The van der Waals surface area contributed by atoms with E-state index in [1.165, 1.54) is 17.9 Å². The van der Waals surface area contributed by atoms with Gasteiger partial charge in [0.25, 0.3) is 5.91 Å². The molecule has 1 heterocycles. The quantitative estimate of drug-likeness (QED) is 0.807. The number of hydrogen-bond donors (Lipinski definition) is 1. The van der Waals surface area contributed by atoms with Crippen LogP contribution in [0.4, 0.5) is 0 Å². The number of nitrogens with zero attached hydrogens (tertiary/aromatic N) is 3. The molecule has 0 fully saturated rings. The third kappa shape index (κ3) is 4.47. The van der Waals surface area contributed by atoms with Crippen molar-refractivity contribution in [3.05, 3.63) is 46.2 Å². The average molecular weight is 372 g/mol. The van der Waals surface area contributed by atoms with Crippen LogP contribution < -0.4 is 0 Å². The van der Waals surface area contributed by atoms with Gasteiger partial charge >= 0.3 is 5.97 Å². The van der Waals surface area contributed by atoms with Crippen LogP contribution in [0.25, 0.3) is 5.69 Å². The number of halogens is 2. The van der Waals surface area contributed by atoms with E-state index >= 15 is 0 Å². The first-order valence-corrected chi connectivity index (χ1v) is 7.69. The Balaban J connectivity index is 2.22. The van der Waals surface area contributed by atoms with Gasteiger partial charge in [-0.25, -0.2) is 4.68 Å². The number of methoxy groups -OCH3 is 1. The zero-order valence-corrected chi connectivity index (χ0v) is 14.3. The highest BCUT2D eigenvalue weighted by Crippen LogP contribution is 2.24. The highest BCUT2D eigenvalue weighted by Gasteiger charge is 2.20. The molecule has 0 spiro atoms. The highest BCUT2D eigenvalue weighted by atomic mass is 35.5. The molecule has 0 aliphatic heterocycles. The van der Waals surface area contributed by atoms with Crippen LogP contribution in [0.5, 0.6) is 0 Å². The zero-order valence-electron chi connectivity index (χ0n) is 12.8. The number of carboxylic acid groups (broad SMARTS) is 1. The number of carbonyl (C=O) groups is 2. The summed E-state index contributed by atoms with van der Waals surface area (Å²) in [4.78, 5) is 24.5.